The maximum Gasteiger partial charge on any atom is 0.165 e. The molecule has 0 unspecified atom stereocenters. The second-order valence-electron chi connectivity index (χ2n) is 8.20. The fourth-order valence-corrected chi connectivity index (χ4v) is 4.84. The minimum atomic E-state index is 0.287. The molecule has 5 nitrogen and oxygen atoms in total. The van der Waals surface area contributed by atoms with Crippen molar-refractivity contribution in [3.63, 3.8) is 0 Å². The Bertz CT molecular complexity index is 1170. The van der Waals surface area contributed by atoms with Crippen LogP contribution in [0.4, 0.5) is 11.6 Å². The van der Waals surface area contributed by atoms with E-state index in [-0.39, 0.29) is 5.75 Å². The van der Waals surface area contributed by atoms with E-state index in [1.807, 2.05) is 18.2 Å². The third-order valence-electron chi connectivity index (χ3n) is 5.74. The lowest BCUT2D eigenvalue weighted by Gasteiger charge is -2.23. The van der Waals surface area contributed by atoms with Crippen LogP contribution in [0, 0.1) is 19.3 Å². The number of phenols is 1. The van der Waals surface area contributed by atoms with E-state index < -0.39 is 0 Å². The molecule has 0 saturated carbocycles. The van der Waals surface area contributed by atoms with E-state index in [0.29, 0.717) is 6.04 Å². The van der Waals surface area contributed by atoms with Gasteiger partial charge < -0.3 is 15.3 Å². The van der Waals surface area contributed by atoms with E-state index in [9.17, 15) is 5.11 Å². The topological polar surface area (TPSA) is 61.3 Å². The standard InChI is InChI=1S/C26H28N4OS/c1-5-6-7-21-18(4)32-16-23(21)25-28-24(22-13-15-30(17(2)3)26(22)29-25)27-14-12-19-8-10-20(31)11-9-19/h1,6-11,16-17,31H,12-15H2,2-4H3,(H,27,28,29)/b7-6-. The van der Waals surface area contributed by atoms with Crippen molar-refractivity contribution in [2.75, 3.05) is 23.3 Å². The number of fused-ring (bicyclic) bond motifs is 1. The molecule has 2 aromatic heterocycles. The predicted molar refractivity (Wildman–Crippen MR) is 134 cm³/mol. The molecule has 0 atom stereocenters. The average molecular weight is 445 g/mol. The van der Waals surface area contributed by atoms with Gasteiger partial charge in [0.1, 0.15) is 17.4 Å². The minimum absolute atomic E-state index is 0.287. The fraction of sp³-hybridized carbons (Fsp3) is 0.308. The van der Waals surface area contributed by atoms with Gasteiger partial charge in [0.05, 0.1) is 0 Å². The van der Waals surface area contributed by atoms with Crippen molar-refractivity contribution < 1.29 is 5.11 Å². The number of aryl methyl sites for hydroxylation is 1. The van der Waals surface area contributed by atoms with Crippen LogP contribution in [0.15, 0.2) is 35.7 Å². The Labute approximate surface area is 193 Å². The molecule has 164 valence electrons. The summed E-state index contributed by atoms with van der Waals surface area (Å²) in [6, 6.07) is 7.71. The van der Waals surface area contributed by atoms with E-state index >= 15 is 0 Å². The highest BCUT2D eigenvalue weighted by Gasteiger charge is 2.28. The van der Waals surface area contributed by atoms with Gasteiger partial charge in [0, 0.05) is 40.5 Å². The number of aromatic nitrogens is 2. The molecule has 1 aliphatic heterocycles. The first-order chi connectivity index (χ1) is 15.5. The Morgan fingerprint density at radius 3 is 2.78 bits per heavy atom. The van der Waals surface area contributed by atoms with Crippen molar-refractivity contribution in [2.24, 2.45) is 0 Å². The summed E-state index contributed by atoms with van der Waals surface area (Å²) in [5.41, 5.74) is 4.44. The maximum absolute atomic E-state index is 9.50. The Morgan fingerprint density at radius 2 is 2.06 bits per heavy atom. The number of nitrogens with one attached hydrogen (secondary N) is 1. The number of allylic oxidation sites excluding steroid dienone is 1. The third kappa shape index (κ3) is 4.49. The summed E-state index contributed by atoms with van der Waals surface area (Å²) in [5, 5.41) is 15.2. The van der Waals surface area contributed by atoms with Gasteiger partial charge in [-0.3, -0.25) is 0 Å². The van der Waals surface area contributed by atoms with Crippen molar-refractivity contribution >= 4 is 29.0 Å². The van der Waals surface area contributed by atoms with Gasteiger partial charge in [0.25, 0.3) is 0 Å². The van der Waals surface area contributed by atoms with E-state index in [2.05, 4.69) is 42.3 Å². The van der Waals surface area contributed by atoms with Gasteiger partial charge >= 0.3 is 0 Å². The first-order valence-electron chi connectivity index (χ1n) is 10.9. The molecule has 4 rings (SSSR count). The van der Waals surface area contributed by atoms with Gasteiger partial charge in [-0.05, 0) is 69.0 Å². The molecule has 3 aromatic rings. The van der Waals surface area contributed by atoms with E-state index in [1.54, 1.807) is 29.5 Å². The second kappa shape index (κ2) is 9.46. The zero-order valence-corrected chi connectivity index (χ0v) is 19.5. The van der Waals surface area contributed by atoms with Gasteiger partial charge in [-0.1, -0.05) is 18.1 Å². The van der Waals surface area contributed by atoms with Crippen molar-refractivity contribution in [1.82, 2.24) is 9.97 Å². The van der Waals surface area contributed by atoms with Crippen LogP contribution in [-0.2, 0) is 12.8 Å². The lowest BCUT2D eigenvalue weighted by Crippen LogP contribution is -2.29. The molecule has 0 spiro atoms. The lowest BCUT2D eigenvalue weighted by atomic mass is 10.1. The average Bonchev–Trinajstić information content (AvgIpc) is 3.37. The Balaban J connectivity index is 1.68. The van der Waals surface area contributed by atoms with E-state index in [1.165, 1.54) is 16.0 Å². The summed E-state index contributed by atoms with van der Waals surface area (Å²) in [4.78, 5) is 13.5. The number of terminal acetylenes is 1. The molecule has 32 heavy (non-hydrogen) atoms. The second-order valence-corrected chi connectivity index (χ2v) is 9.28. The molecule has 0 fully saturated rings. The first kappa shape index (κ1) is 21.9. The molecule has 3 heterocycles. The summed E-state index contributed by atoms with van der Waals surface area (Å²) in [6.45, 7) is 8.19. The smallest absolute Gasteiger partial charge is 0.165 e. The zero-order chi connectivity index (χ0) is 22.7. The molecule has 0 radical (unpaired) electrons. The van der Waals surface area contributed by atoms with Gasteiger partial charge in [-0.15, -0.1) is 17.8 Å². The number of benzene rings is 1. The van der Waals surface area contributed by atoms with Crippen LogP contribution in [0.25, 0.3) is 17.5 Å². The molecular weight excluding hydrogens is 416 g/mol. The van der Waals surface area contributed by atoms with Crippen molar-refractivity contribution in [3.05, 3.63) is 57.3 Å². The van der Waals surface area contributed by atoms with Gasteiger partial charge in [-0.25, -0.2) is 9.97 Å². The maximum atomic E-state index is 9.50. The number of nitrogens with zero attached hydrogens (tertiary/aromatic N) is 3. The highest BCUT2D eigenvalue weighted by Crippen LogP contribution is 2.37. The van der Waals surface area contributed by atoms with Crippen LogP contribution < -0.4 is 10.2 Å². The Kier molecular flexibility index (Phi) is 6.48. The fourth-order valence-electron chi connectivity index (χ4n) is 4.01. The quantitative estimate of drug-likeness (QED) is 0.485. The summed E-state index contributed by atoms with van der Waals surface area (Å²) in [5.74, 6) is 5.52. The molecule has 0 saturated heterocycles. The van der Waals surface area contributed by atoms with E-state index in [0.717, 1.165) is 54.5 Å². The van der Waals surface area contributed by atoms with E-state index in [4.69, 9.17) is 16.4 Å². The SMILES string of the molecule is C#C/C=C\c1c(-c2nc(NCCc3ccc(O)cc3)c3c(n2)N(C(C)C)CC3)csc1C. The molecule has 0 amide bonds. The number of aromatic hydroxyl groups is 1. The summed E-state index contributed by atoms with van der Waals surface area (Å²) in [7, 11) is 0. The minimum Gasteiger partial charge on any atom is -0.508 e. The molecule has 0 bridgehead atoms. The highest BCUT2D eigenvalue weighted by atomic mass is 32.1. The van der Waals surface area contributed by atoms with Crippen LogP contribution in [0.5, 0.6) is 5.75 Å². The number of hydrogen-bond acceptors (Lipinski definition) is 6. The molecule has 6 heteroatoms. The summed E-state index contributed by atoms with van der Waals surface area (Å²) in [6.07, 6.45) is 10.9. The van der Waals surface area contributed by atoms with Gasteiger partial charge in [0.15, 0.2) is 5.82 Å². The van der Waals surface area contributed by atoms with Crippen LogP contribution in [0.3, 0.4) is 0 Å². The first-order valence-corrected chi connectivity index (χ1v) is 11.8. The van der Waals surface area contributed by atoms with Crippen LogP contribution in [0.2, 0.25) is 0 Å². The highest BCUT2D eigenvalue weighted by molar-refractivity contribution is 7.10. The Hall–Kier alpha value is -3.30. The molecular formula is C26H28N4OS. The van der Waals surface area contributed by atoms with Crippen molar-refractivity contribution in [3.8, 4) is 29.5 Å². The lowest BCUT2D eigenvalue weighted by molar-refractivity contribution is 0.475. The number of anilines is 2. The van der Waals surface area contributed by atoms with Crippen LogP contribution in [-0.4, -0.2) is 34.2 Å². The summed E-state index contributed by atoms with van der Waals surface area (Å²) >= 11 is 1.68. The van der Waals surface area contributed by atoms with Gasteiger partial charge in [0.2, 0.25) is 0 Å². The normalized spacial score (nSPS) is 13.0. The van der Waals surface area contributed by atoms with Gasteiger partial charge in [-0.2, -0.15) is 0 Å². The molecule has 1 aromatic carbocycles. The summed E-state index contributed by atoms with van der Waals surface area (Å²) < 4.78 is 0. The number of thiophene rings is 1. The molecule has 0 aliphatic carbocycles. The molecule has 2 N–H and O–H groups in total. The van der Waals surface area contributed by atoms with Crippen LogP contribution in [0.1, 0.15) is 35.4 Å². The van der Waals surface area contributed by atoms with Crippen molar-refractivity contribution in [1.29, 1.82) is 0 Å². The Morgan fingerprint density at radius 1 is 1.28 bits per heavy atom. The largest absolute Gasteiger partial charge is 0.508 e. The van der Waals surface area contributed by atoms with Crippen LogP contribution >= 0.6 is 11.3 Å². The predicted octanol–water partition coefficient (Wildman–Crippen LogP) is 5.29. The monoisotopic (exact) mass is 444 g/mol. The van der Waals surface area contributed by atoms with Crippen molar-refractivity contribution in [2.45, 2.75) is 39.7 Å². The number of rotatable bonds is 7. The number of phenolic OH excluding ortho intramolecular Hbond substituents is 1. The molecule has 1 aliphatic rings. The zero-order valence-electron chi connectivity index (χ0n) is 18.7. The third-order valence-corrected chi connectivity index (χ3v) is 6.66. The number of hydrogen-bond donors (Lipinski definition) is 2.